The largest absolute Gasteiger partial charge is 0.378 e. The lowest BCUT2D eigenvalue weighted by Gasteiger charge is -2.33. The molecule has 0 N–H and O–H groups in total. The van der Waals surface area contributed by atoms with Crippen LogP contribution in [0.4, 0.5) is 11.9 Å². The number of fused-ring (bicyclic) bond motifs is 1. The molecule has 0 aliphatic carbocycles. The van der Waals surface area contributed by atoms with Crippen LogP contribution in [-0.2, 0) is 9.47 Å². The molecule has 152 valence electrons. The van der Waals surface area contributed by atoms with E-state index < -0.39 is 0 Å². The molecule has 0 spiro atoms. The maximum absolute atomic E-state index is 6.02. The number of para-hydroxylation sites is 2. The van der Waals surface area contributed by atoms with Crippen molar-refractivity contribution in [3.8, 4) is 5.95 Å². The molecule has 1 atom stereocenters. The van der Waals surface area contributed by atoms with Gasteiger partial charge in [-0.2, -0.15) is 15.0 Å². The molecule has 1 unspecified atom stereocenters. The third-order valence-electron chi connectivity index (χ3n) is 5.16. The molecule has 0 amide bonds. The van der Waals surface area contributed by atoms with Gasteiger partial charge in [-0.3, -0.25) is 4.57 Å². The highest BCUT2D eigenvalue weighted by molar-refractivity contribution is 6.18. The summed E-state index contributed by atoms with van der Waals surface area (Å²) in [4.78, 5) is 23.1. The normalized spacial score (nSPS) is 20.4. The van der Waals surface area contributed by atoms with Crippen LogP contribution in [0.15, 0.2) is 30.6 Å². The zero-order valence-corrected chi connectivity index (χ0v) is 16.7. The summed E-state index contributed by atoms with van der Waals surface area (Å²) in [6.07, 6.45) is 1.72. The molecule has 2 aliphatic rings. The highest BCUT2D eigenvalue weighted by Gasteiger charge is 2.25. The number of anilines is 2. The average molecular weight is 416 g/mol. The van der Waals surface area contributed by atoms with Crippen molar-refractivity contribution < 1.29 is 9.47 Å². The Hall–Kier alpha value is -2.49. The Labute approximate surface area is 173 Å². The molecule has 5 rings (SSSR count). The Bertz CT molecular complexity index is 992. The van der Waals surface area contributed by atoms with Crippen LogP contribution in [0.3, 0.4) is 0 Å². The number of morpholine rings is 2. The van der Waals surface area contributed by atoms with Crippen LogP contribution in [0.5, 0.6) is 0 Å². The highest BCUT2D eigenvalue weighted by Crippen LogP contribution is 2.22. The minimum atomic E-state index is -0.0356. The van der Waals surface area contributed by atoms with Crippen molar-refractivity contribution >= 4 is 34.5 Å². The lowest BCUT2D eigenvalue weighted by atomic mass is 10.3. The smallest absolute Gasteiger partial charge is 0.242 e. The van der Waals surface area contributed by atoms with Crippen LogP contribution in [-0.4, -0.2) is 82.5 Å². The summed E-state index contributed by atoms with van der Waals surface area (Å²) in [5, 5.41) is 0. The van der Waals surface area contributed by atoms with Crippen LogP contribution < -0.4 is 9.80 Å². The molecule has 29 heavy (non-hydrogen) atoms. The van der Waals surface area contributed by atoms with Gasteiger partial charge < -0.3 is 19.3 Å². The third kappa shape index (κ3) is 3.73. The first-order chi connectivity index (χ1) is 14.3. The average Bonchev–Trinajstić information content (AvgIpc) is 3.24. The van der Waals surface area contributed by atoms with Gasteiger partial charge in [0.25, 0.3) is 0 Å². The predicted molar refractivity (Wildman–Crippen MR) is 110 cm³/mol. The van der Waals surface area contributed by atoms with Crippen LogP contribution >= 0.6 is 11.6 Å². The van der Waals surface area contributed by atoms with Crippen molar-refractivity contribution in [2.24, 2.45) is 0 Å². The molecule has 0 radical (unpaired) electrons. The molecule has 10 heteroatoms. The molecule has 2 saturated heterocycles. The van der Waals surface area contributed by atoms with Gasteiger partial charge in [0, 0.05) is 26.2 Å². The van der Waals surface area contributed by atoms with Gasteiger partial charge in [0.15, 0.2) is 0 Å². The quantitative estimate of drug-likeness (QED) is 0.593. The Balaban J connectivity index is 1.58. The zero-order valence-electron chi connectivity index (χ0n) is 15.9. The molecule has 1 aromatic carbocycles. The molecule has 3 aromatic rings. The van der Waals surface area contributed by atoms with Gasteiger partial charge in [0.1, 0.15) is 6.33 Å². The number of halogens is 1. The summed E-state index contributed by atoms with van der Waals surface area (Å²) in [6.45, 7) is 4.79. The van der Waals surface area contributed by atoms with Gasteiger partial charge in [-0.05, 0) is 12.1 Å². The Morgan fingerprint density at radius 2 is 1.66 bits per heavy atom. The summed E-state index contributed by atoms with van der Waals surface area (Å²) < 4.78 is 13.1. The summed E-state index contributed by atoms with van der Waals surface area (Å²) >= 11 is 6.02. The second-order valence-corrected chi connectivity index (χ2v) is 7.34. The van der Waals surface area contributed by atoms with Crippen molar-refractivity contribution in [3.05, 3.63) is 30.6 Å². The van der Waals surface area contributed by atoms with E-state index in [0.29, 0.717) is 56.6 Å². The summed E-state index contributed by atoms with van der Waals surface area (Å²) in [5.74, 6) is 2.28. The van der Waals surface area contributed by atoms with Gasteiger partial charge >= 0.3 is 0 Å². The maximum atomic E-state index is 6.02. The number of ether oxygens (including phenoxy) is 2. The van der Waals surface area contributed by atoms with Gasteiger partial charge in [-0.15, -0.1) is 11.6 Å². The summed E-state index contributed by atoms with van der Waals surface area (Å²) in [7, 11) is 0. The first-order valence-corrected chi connectivity index (χ1v) is 10.3. The zero-order chi connectivity index (χ0) is 19.6. The number of benzene rings is 1. The van der Waals surface area contributed by atoms with Crippen LogP contribution in [0.2, 0.25) is 0 Å². The number of hydrogen-bond donors (Lipinski definition) is 0. The SMILES string of the molecule is ClCC1CN(c2nc(N3CCOCC3)nc(-n3cnc4ccccc43)n2)CCO1. The monoisotopic (exact) mass is 415 g/mol. The maximum Gasteiger partial charge on any atom is 0.242 e. The van der Waals surface area contributed by atoms with Crippen molar-refractivity contribution in [1.29, 1.82) is 0 Å². The standard InChI is InChI=1S/C19H22ClN7O2/c20-11-14-12-26(7-10-29-14)18-22-17(25-5-8-28-9-6-25)23-19(24-18)27-13-21-15-3-1-2-4-16(15)27/h1-4,13-14H,5-12H2. The van der Waals surface area contributed by atoms with Crippen LogP contribution in [0.25, 0.3) is 17.0 Å². The first-order valence-electron chi connectivity index (χ1n) is 9.75. The number of alkyl halides is 1. The summed E-state index contributed by atoms with van der Waals surface area (Å²) in [5.41, 5.74) is 1.86. The number of nitrogens with zero attached hydrogens (tertiary/aromatic N) is 7. The van der Waals surface area contributed by atoms with Crippen molar-refractivity contribution in [2.75, 3.05) is 61.7 Å². The fourth-order valence-electron chi connectivity index (χ4n) is 3.61. The predicted octanol–water partition coefficient (Wildman–Crippen LogP) is 1.49. The molecule has 2 fully saturated rings. The molecule has 4 heterocycles. The van der Waals surface area contributed by atoms with Crippen molar-refractivity contribution in [3.63, 3.8) is 0 Å². The Kier molecular flexibility index (Phi) is 5.17. The van der Waals surface area contributed by atoms with Gasteiger partial charge in [0.2, 0.25) is 17.8 Å². The molecule has 2 aliphatic heterocycles. The molecule has 9 nitrogen and oxygen atoms in total. The highest BCUT2D eigenvalue weighted by atomic mass is 35.5. The second kappa shape index (κ2) is 8.10. The van der Waals surface area contributed by atoms with E-state index in [1.807, 2.05) is 28.8 Å². The van der Waals surface area contributed by atoms with Gasteiger partial charge in [-0.25, -0.2) is 4.98 Å². The third-order valence-corrected chi connectivity index (χ3v) is 5.50. The minimum Gasteiger partial charge on any atom is -0.378 e. The minimum absolute atomic E-state index is 0.0356. The van der Waals surface area contributed by atoms with Gasteiger partial charge in [0.05, 0.1) is 42.8 Å². The van der Waals surface area contributed by atoms with E-state index in [-0.39, 0.29) is 6.10 Å². The fraction of sp³-hybridized carbons (Fsp3) is 0.474. The Morgan fingerprint density at radius 1 is 0.931 bits per heavy atom. The van der Waals surface area contributed by atoms with E-state index in [4.69, 9.17) is 36.0 Å². The molecular weight excluding hydrogens is 394 g/mol. The van der Waals surface area contributed by atoms with E-state index in [9.17, 15) is 0 Å². The van der Waals surface area contributed by atoms with E-state index in [1.54, 1.807) is 6.33 Å². The van der Waals surface area contributed by atoms with E-state index >= 15 is 0 Å². The van der Waals surface area contributed by atoms with Gasteiger partial charge in [-0.1, -0.05) is 12.1 Å². The number of imidazole rings is 1. The number of rotatable bonds is 4. The molecule has 0 saturated carbocycles. The van der Waals surface area contributed by atoms with Crippen LogP contribution in [0, 0.1) is 0 Å². The van der Waals surface area contributed by atoms with E-state index in [0.717, 1.165) is 24.1 Å². The number of aromatic nitrogens is 5. The topological polar surface area (TPSA) is 81.4 Å². The number of hydrogen-bond acceptors (Lipinski definition) is 8. The van der Waals surface area contributed by atoms with Crippen molar-refractivity contribution in [2.45, 2.75) is 6.10 Å². The molecule has 0 bridgehead atoms. The lowest BCUT2D eigenvalue weighted by Crippen LogP contribution is -2.44. The summed E-state index contributed by atoms with van der Waals surface area (Å²) in [6, 6.07) is 7.94. The fourth-order valence-corrected chi connectivity index (χ4v) is 3.80. The van der Waals surface area contributed by atoms with E-state index in [2.05, 4.69) is 14.8 Å². The molecular formula is C19H22ClN7O2. The second-order valence-electron chi connectivity index (χ2n) is 7.03. The lowest BCUT2D eigenvalue weighted by molar-refractivity contribution is 0.0548. The first kappa shape index (κ1) is 18.5. The van der Waals surface area contributed by atoms with E-state index in [1.165, 1.54) is 0 Å². The van der Waals surface area contributed by atoms with Crippen LogP contribution in [0.1, 0.15) is 0 Å². The Morgan fingerprint density at radius 3 is 2.48 bits per heavy atom. The molecule has 2 aromatic heterocycles. The van der Waals surface area contributed by atoms with Crippen molar-refractivity contribution in [1.82, 2.24) is 24.5 Å².